The molecule has 0 aliphatic carbocycles. The molecular weight excluding hydrogens is 314 g/mol. The van der Waals surface area contributed by atoms with E-state index in [2.05, 4.69) is 80.5 Å². The first kappa shape index (κ1) is 17.4. The lowest BCUT2D eigenvalue weighted by atomic mass is 10.2. The van der Waals surface area contributed by atoms with Crippen molar-refractivity contribution in [2.24, 2.45) is 0 Å². The Labute approximate surface area is 149 Å². The second-order valence-electron chi connectivity index (χ2n) is 6.68. The van der Waals surface area contributed by atoms with E-state index < -0.39 is 0 Å². The number of anilines is 3. The fourth-order valence-electron chi connectivity index (χ4n) is 2.91. The lowest BCUT2D eigenvalue weighted by Gasteiger charge is -2.36. The molecule has 1 saturated heterocycles. The normalized spacial score (nSPS) is 14.9. The van der Waals surface area contributed by atoms with Gasteiger partial charge in [-0.1, -0.05) is 12.1 Å². The summed E-state index contributed by atoms with van der Waals surface area (Å²) in [5.41, 5.74) is 2.58. The highest BCUT2D eigenvalue weighted by Crippen LogP contribution is 2.19. The molecule has 2 aromatic rings. The van der Waals surface area contributed by atoms with Crippen LogP contribution in [0.25, 0.3) is 0 Å². The number of rotatable bonds is 6. The van der Waals surface area contributed by atoms with E-state index >= 15 is 0 Å². The molecule has 7 heteroatoms. The monoisotopic (exact) mass is 341 g/mol. The molecule has 0 radical (unpaired) electrons. The minimum absolute atomic E-state index is 0.707. The summed E-state index contributed by atoms with van der Waals surface area (Å²) in [4.78, 5) is 11.4. The number of aromatic nitrogens is 3. The average molecular weight is 341 g/mol. The molecule has 1 aliphatic rings. The topological polar surface area (TPSA) is 60.4 Å². The van der Waals surface area contributed by atoms with E-state index in [4.69, 9.17) is 0 Å². The number of hydrogen-bond donors (Lipinski definition) is 1. The van der Waals surface area contributed by atoms with Crippen LogP contribution in [0.3, 0.4) is 0 Å². The van der Waals surface area contributed by atoms with Crippen molar-refractivity contribution in [1.82, 2.24) is 20.1 Å². The van der Waals surface area contributed by atoms with E-state index in [0.29, 0.717) is 5.95 Å². The van der Waals surface area contributed by atoms with Crippen LogP contribution in [0.2, 0.25) is 0 Å². The van der Waals surface area contributed by atoms with Crippen LogP contribution < -0.4 is 15.1 Å². The van der Waals surface area contributed by atoms with Crippen molar-refractivity contribution in [3.05, 3.63) is 36.0 Å². The molecule has 2 heterocycles. The fourth-order valence-corrected chi connectivity index (χ4v) is 2.91. The van der Waals surface area contributed by atoms with Crippen LogP contribution >= 0.6 is 0 Å². The predicted molar refractivity (Wildman–Crippen MR) is 102 cm³/mol. The summed E-state index contributed by atoms with van der Waals surface area (Å²) in [6.45, 7) is 7.65. The van der Waals surface area contributed by atoms with Crippen LogP contribution in [0, 0.1) is 6.92 Å². The van der Waals surface area contributed by atoms with Gasteiger partial charge in [-0.15, -0.1) is 5.10 Å². The summed E-state index contributed by atoms with van der Waals surface area (Å²) in [6, 6.07) is 8.67. The molecule has 25 heavy (non-hydrogen) atoms. The first-order valence-electron chi connectivity index (χ1n) is 8.77. The van der Waals surface area contributed by atoms with Crippen molar-refractivity contribution >= 4 is 17.5 Å². The van der Waals surface area contributed by atoms with Crippen LogP contribution in [0.1, 0.15) is 5.56 Å². The molecule has 1 N–H and O–H groups in total. The standard InChI is InChI=1S/C18H27N7/c1-15-5-4-6-16(13-15)24-9-11-25(12-10-24)18-21-17(14-20-22-18)19-7-8-23(2)3/h4-6,13-14H,7-12H2,1-3H3,(H,19,21,22). The van der Waals surface area contributed by atoms with Gasteiger partial charge in [0, 0.05) is 45.0 Å². The number of nitrogens with one attached hydrogen (secondary N) is 1. The number of aryl methyl sites for hydroxylation is 1. The summed E-state index contributed by atoms with van der Waals surface area (Å²) in [5.74, 6) is 1.49. The molecule has 0 atom stereocenters. The van der Waals surface area contributed by atoms with Gasteiger partial charge >= 0.3 is 0 Å². The molecular formula is C18H27N7. The summed E-state index contributed by atoms with van der Waals surface area (Å²) >= 11 is 0. The zero-order chi connectivity index (χ0) is 17.6. The Hall–Kier alpha value is -2.41. The van der Waals surface area contributed by atoms with Crippen molar-refractivity contribution < 1.29 is 0 Å². The molecule has 0 spiro atoms. The number of piperazine rings is 1. The molecule has 0 amide bonds. The van der Waals surface area contributed by atoms with E-state index in [9.17, 15) is 0 Å². The number of hydrogen-bond acceptors (Lipinski definition) is 7. The highest BCUT2D eigenvalue weighted by atomic mass is 15.4. The minimum Gasteiger partial charge on any atom is -0.368 e. The minimum atomic E-state index is 0.707. The third-order valence-corrected chi connectivity index (χ3v) is 4.34. The Kier molecular flexibility index (Phi) is 5.65. The second kappa shape index (κ2) is 8.11. The van der Waals surface area contributed by atoms with Crippen molar-refractivity contribution in [2.75, 3.05) is 68.5 Å². The summed E-state index contributed by atoms with van der Waals surface area (Å²) < 4.78 is 0. The van der Waals surface area contributed by atoms with Crippen molar-refractivity contribution in [1.29, 1.82) is 0 Å². The second-order valence-corrected chi connectivity index (χ2v) is 6.68. The van der Waals surface area contributed by atoms with Crippen molar-refractivity contribution in [3.63, 3.8) is 0 Å². The van der Waals surface area contributed by atoms with Crippen molar-refractivity contribution in [2.45, 2.75) is 6.92 Å². The number of nitrogens with zero attached hydrogens (tertiary/aromatic N) is 6. The molecule has 1 aliphatic heterocycles. The van der Waals surface area contributed by atoms with Crippen LogP contribution in [0.5, 0.6) is 0 Å². The Morgan fingerprint density at radius 2 is 1.88 bits per heavy atom. The number of benzene rings is 1. The van der Waals surface area contributed by atoms with Gasteiger partial charge in [0.2, 0.25) is 5.95 Å². The molecule has 134 valence electrons. The van der Waals surface area contributed by atoms with Crippen LogP contribution in [0.4, 0.5) is 17.5 Å². The van der Waals surface area contributed by atoms with Gasteiger partial charge in [-0.05, 0) is 38.7 Å². The highest BCUT2D eigenvalue weighted by Gasteiger charge is 2.20. The molecule has 0 bridgehead atoms. The molecule has 0 unspecified atom stereocenters. The summed E-state index contributed by atoms with van der Waals surface area (Å²) in [6.07, 6.45) is 1.68. The van der Waals surface area contributed by atoms with E-state index in [0.717, 1.165) is 45.1 Å². The third-order valence-electron chi connectivity index (χ3n) is 4.34. The smallest absolute Gasteiger partial charge is 0.247 e. The maximum absolute atomic E-state index is 4.61. The fraction of sp³-hybridized carbons (Fsp3) is 0.500. The Morgan fingerprint density at radius 1 is 1.12 bits per heavy atom. The van der Waals surface area contributed by atoms with Gasteiger partial charge in [-0.3, -0.25) is 0 Å². The molecule has 7 nitrogen and oxygen atoms in total. The maximum Gasteiger partial charge on any atom is 0.247 e. The SMILES string of the molecule is Cc1cccc(N2CCN(c3nncc(NCCN(C)C)n3)CC2)c1. The summed E-state index contributed by atoms with van der Waals surface area (Å²) in [7, 11) is 4.11. The van der Waals surface area contributed by atoms with Gasteiger partial charge < -0.3 is 20.0 Å². The zero-order valence-electron chi connectivity index (χ0n) is 15.3. The first-order valence-corrected chi connectivity index (χ1v) is 8.77. The van der Waals surface area contributed by atoms with Crippen LogP contribution in [-0.4, -0.2) is 73.4 Å². The van der Waals surface area contributed by atoms with Gasteiger partial charge in [-0.25, -0.2) is 0 Å². The maximum atomic E-state index is 4.61. The third kappa shape index (κ3) is 4.79. The average Bonchev–Trinajstić information content (AvgIpc) is 2.62. The molecule has 1 aromatic heterocycles. The zero-order valence-corrected chi connectivity index (χ0v) is 15.3. The highest BCUT2D eigenvalue weighted by molar-refractivity contribution is 5.50. The Balaban J connectivity index is 1.57. The van der Waals surface area contributed by atoms with Crippen LogP contribution in [0.15, 0.2) is 30.5 Å². The molecule has 1 fully saturated rings. The lowest BCUT2D eigenvalue weighted by molar-refractivity contribution is 0.425. The van der Waals surface area contributed by atoms with E-state index in [-0.39, 0.29) is 0 Å². The van der Waals surface area contributed by atoms with E-state index in [1.165, 1.54) is 11.3 Å². The largest absolute Gasteiger partial charge is 0.368 e. The molecule has 3 rings (SSSR count). The summed E-state index contributed by atoms with van der Waals surface area (Å²) in [5, 5.41) is 11.6. The molecule has 1 aromatic carbocycles. The Morgan fingerprint density at radius 3 is 2.60 bits per heavy atom. The van der Waals surface area contributed by atoms with E-state index in [1.54, 1.807) is 6.20 Å². The molecule has 0 saturated carbocycles. The first-order chi connectivity index (χ1) is 12.1. The van der Waals surface area contributed by atoms with Gasteiger partial charge in [0.15, 0.2) is 5.82 Å². The number of likely N-dealkylation sites (N-methyl/N-ethyl adjacent to an activating group) is 1. The van der Waals surface area contributed by atoms with Crippen LogP contribution in [-0.2, 0) is 0 Å². The Bertz CT molecular complexity index is 681. The van der Waals surface area contributed by atoms with Gasteiger partial charge in [0.25, 0.3) is 0 Å². The van der Waals surface area contributed by atoms with E-state index in [1.807, 2.05) is 0 Å². The predicted octanol–water partition coefficient (Wildman–Crippen LogP) is 1.48. The van der Waals surface area contributed by atoms with Gasteiger partial charge in [-0.2, -0.15) is 10.1 Å². The lowest BCUT2D eigenvalue weighted by Crippen LogP contribution is -2.47. The van der Waals surface area contributed by atoms with Crippen molar-refractivity contribution in [3.8, 4) is 0 Å². The quantitative estimate of drug-likeness (QED) is 0.854. The van der Waals surface area contributed by atoms with Gasteiger partial charge in [0.05, 0.1) is 6.20 Å². The van der Waals surface area contributed by atoms with Gasteiger partial charge in [0.1, 0.15) is 0 Å².